The molecule has 0 radical (unpaired) electrons. The van der Waals surface area contributed by atoms with Crippen molar-refractivity contribution >= 4 is 6.03 Å². The number of hydrogen-bond acceptors (Lipinski definition) is 5. The van der Waals surface area contributed by atoms with Gasteiger partial charge in [-0.15, -0.1) is 0 Å². The van der Waals surface area contributed by atoms with Gasteiger partial charge in [-0.25, -0.2) is 4.79 Å². The third-order valence-corrected chi connectivity index (χ3v) is 6.36. The van der Waals surface area contributed by atoms with Crippen molar-refractivity contribution < 1.29 is 9.32 Å². The Morgan fingerprint density at radius 1 is 1.19 bits per heavy atom. The average molecular weight is 376 g/mol. The fourth-order valence-corrected chi connectivity index (χ4v) is 4.64. The van der Waals surface area contributed by atoms with Crippen LogP contribution in [0.5, 0.6) is 0 Å². The van der Waals surface area contributed by atoms with Crippen molar-refractivity contribution in [1.82, 2.24) is 25.3 Å². The van der Waals surface area contributed by atoms with Crippen molar-refractivity contribution in [2.24, 2.45) is 0 Å². The maximum atomic E-state index is 12.4. The Balaban J connectivity index is 1.20. The molecule has 2 amide bonds. The molecule has 7 nitrogen and oxygen atoms in total. The highest BCUT2D eigenvalue weighted by Gasteiger charge is 2.31. The highest BCUT2D eigenvalue weighted by atomic mass is 16.5. The lowest BCUT2D eigenvalue weighted by Crippen LogP contribution is -2.47. The summed E-state index contributed by atoms with van der Waals surface area (Å²) < 4.78 is 5.27. The van der Waals surface area contributed by atoms with Crippen LogP contribution in [0.2, 0.25) is 0 Å². The van der Waals surface area contributed by atoms with Crippen molar-refractivity contribution in [1.29, 1.82) is 0 Å². The summed E-state index contributed by atoms with van der Waals surface area (Å²) >= 11 is 0. The van der Waals surface area contributed by atoms with Crippen LogP contribution in [0.25, 0.3) is 0 Å². The predicted octanol–water partition coefficient (Wildman–Crippen LogP) is 3.28. The van der Waals surface area contributed by atoms with Gasteiger partial charge in [-0.05, 0) is 51.5 Å². The summed E-state index contributed by atoms with van der Waals surface area (Å²) in [6.07, 6.45) is 12.7. The van der Waals surface area contributed by atoms with Gasteiger partial charge in [0, 0.05) is 31.6 Å². The van der Waals surface area contributed by atoms with Crippen LogP contribution >= 0.6 is 0 Å². The number of likely N-dealkylation sites (tertiary alicyclic amines) is 1. The lowest BCUT2D eigenvalue weighted by atomic mass is 9.96. The number of rotatable bonds is 7. The van der Waals surface area contributed by atoms with E-state index < -0.39 is 0 Å². The molecule has 1 N–H and O–H groups in total. The molecule has 3 aliphatic rings. The predicted molar refractivity (Wildman–Crippen MR) is 102 cm³/mol. The molecule has 0 aromatic carbocycles. The van der Waals surface area contributed by atoms with Crippen LogP contribution in [-0.2, 0) is 6.54 Å². The Kier molecular flexibility index (Phi) is 5.95. The third kappa shape index (κ3) is 4.81. The van der Waals surface area contributed by atoms with Crippen LogP contribution in [-0.4, -0.2) is 58.2 Å². The number of amides is 2. The van der Waals surface area contributed by atoms with Gasteiger partial charge in [0.2, 0.25) is 5.89 Å². The van der Waals surface area contributed by atoms with Crippen LogP contribution in [0.1, 0.15) is 81.8 Å². The van der Waals surface area contributed by atoms with Gasteiger partial charge in [0.1, 0.15) is 0 Å². The smallest absolute Gasteiger partial charge is 0.317 e. The summed E-state index contributed by atoms with van der Waals surface area (Å²) in [4.78, 5) is 21.2. The molecule has 4 rings (SSSR count). The maximum Gasteiger partial charge on any atom is 0.317 e. The van der Waals surface area contributed by atoms with Gasteiger partial charge >= 0.3 is 6.03 Å². The fourth-order valence-electron chi connectivity index (χ4n) is 4.64. The molecule has 3 fully saturated rings. The van der Waals surface area contributed by atoms with E-state index in [0.717, 1.165) is 37.7 Å². The second kappa shape index (κ2) is 8.59. The lowest BCUT2D eigenvalue weighted by molar-refractivity contribution is 0.0912. The number of piperidine rings is 1. The second-order valence-electron chi connectivity index (χ2n) is 8.53. The summed E-state index contributed by atoms with van der Waals surface area (Å²) in [6.45, 7) is 2.36. The quantitative estimate of drug-likeness (QED) is 0.792. The Labute approximate surface area is 161 Å². The van der Waals surface area contributed by atoms with Crippen molar-refractivity contribution in [3.05, 3.63) is 11.7 Å². The third-order valence-electron chi connectivity index (χ3n) is 6.36. The molecule has 2 aliphatic carbocycles. The highest BCUT2D eigenvalue weighted by Crippen LogP contribution is 2.38. The topological polar surface area (TPSA) is 74.5 Å². The molecule has 1 aromatic heterocycles. The first-order chi connectivity index (χ1) is 13.2. The molecule has 1 saturated heterocycles. The fraction of sp³-hybridized carbons (Fsp3) is 0.850. The average Bonchev–Trinajstić information content (AvgIpc) is 3.18. The molecule has 0 bridgehead atoms. The molecule has 27 heavy (non-hydrogen) atoms. The number of urea groups is 1. The molecule has 1 unspecified atom stereocenters. The zero-order valence-corrected chi connectivity index (χ0v) is 16.5. The Morgan fingerprint density at radius 2 is 1.96 bits per heavy atom. The van der Waals surface area contributed by atoms with Gasteiger partial charge in [-0.2, -0.15) is 4.98 Å². The number of carbonyl (C=O) groups excluding carboxylic acids is 1. The minimum atomic E-state index is -0.0593. The van der Waals surface area contributed by atoms with Crippen molar-refractivity contribution in [3.8, 4) is 0 Å². The van der Waals surface area contributed by atoms with Crippen LogP contribution in [0.4, 0.5) is 4.79 Å². The summed E-state index contributed by atoms with van der Waals surface area (Å²) in [5.41, 5.74) is 0. The van der Waals surface area contributed by atoms with Gasteiger partial charge in [-0.1, -0.05) is 24.4 Å². The number of aromatic nitrogens is 2. The summed E-state index contributed by atoms with van der Waals surface area (Å²) in [5.74, 6) is 1.76. The zero-order valence-electron chi connectivity index (χ0n) is 16.5. The standard InChI is InChI=1S/C20H33N5O2/c1-24(14-18-22-19(27-23-18)15-9-10-15)20(26)21-12-11-17-8-4-5-13-25(17)16-6-2-3-7-16/h15-17H,2-14H2,1H3,(H,21,26). The summed E-state index contributed by atoms with van der Waals surface area (Å²) in [6, 6.07) is 1.36. The largest absolute Gasteiger partial charge is 0.339 e. The summed E-state index contributed by atoms with van der Waals surface area (Å²) in [5, 5.41) is 7.07. The van der Waals surface area contributed by atoms with Crippen molar-refractivity contribution in [2.75, 3.05) is 20.1 Å². The highest BCUT2D eigenvalue weighted by molar-refractivity contribution is 5.73. The van der Waals surface area contributed by atoms with Gasteiger partial charge in [0.15, 0.2) is 5.82 Å². The molecule has 150 valence electrons. The molecular formula is C20H33N5O2. The van der Waals surface area contributed by atoms with Gasteiger partial charge in [0.25, 0.3) is 0 Å². The van der Waals surface area contributed by atoms with Gasteiger partial charge < -0.3 is 14.7 Å². The van der Waals surface area contributed by atoms with E-state index in [1.165, 1.54) is 51.5 Å². The van der Waals surface area contributed by atoms with E-state index in [1.807, 2.05) is 0 Å². The first kappa shape index (κ1) is 18.7. The molecule has 1 atom stereocenters. The minimum Gasteiger partial charge on any atom is -0.339 e. The Hall–Kier alpha value is -1.63. The molecular weight excluding hydrogens is 342 g/mol. The Bertz CT molecular complexity index is 624. The molecule has 1 aromatic rings. The number of nitrogens with zero attached hydrogens (tertiary/aromatic N) is 4. The zero-order chi connectivity index (χ0) is 18.6. The van der Waals surface area contributed by atoms with Crippen molar-refractivity contribution in [3.63, 3.8) is 0 Å². The number of carbonyl (C=O) groups is 1. The monoisotopic (exact) mass is 375 g/mol. The van der Waals surface area contributed by atoms with E-state index in [0.29, 0.717) is 24.3 Å². The van der Waals surface area contributed by atoms with E-state index in [1.54, 1.807) is 11.9 Å². The van der Waals surface area contributed by atoms with Crippen LogP contribution in [0.3, 0.4) is 0 Å². The van der Waals surface area contributed by atoms with E-state index >= 15 is 0 Å². The van der Waals surface area contributed by atoms with E-state index in [-0.39, 0.29) is 6.03 Å². The minimum absolute atomic E-state index is 0.0593. The van der Waals surface area contributed by atoms with E-state index in [9.17, 15) is 4.79 Å². The first-order valence-corrected chi connectivity index (χ1v) is 10.8. The van der Waals surface area contributed by atoms with E-state index in [4.69, 9.17) is 4.52 Å². The second-order valence-corrected chi connectivity index (χ2v) is 8.53. The Morgan fingerprint density at radius 3 is 2.74 bits per heavy atom. The van der Waals surface area contributed by atoms with E-state index in [2.05, 4.69) is 20.4 Å². The first-order valence-electron chi connectivity index (χ1n) is 10.8. The van der Waals surface area contributed by atoms with Crippen LogP contribution in [0, 0.1) is 0 Å². The van der Waals surface area contributed by atoms with Crippen molar-refractivity contribution in [2.45, 2.75) is 88.8 Å². The lowest BCUT2D eigenvalue weighted by Gasteiger charge is -2.40. The van der Waals surface area contributed by atoms with Gasteiger partial charge in [0.05, 0.1) is 6.54 Å². The molecule has 0 spiro atoms. The molecule has 1 aliphatic heterocycles. The molecule has 7 heteroatoms. The van der Waals surface area contributed by atoms with Gasteiger partial charge in [-0.3, -0.25) is 4.90 Å². The SMILES string of the molecule is CN(Cc1noc(C2CC2)n1)C(=O)NCCC1CCCCN1C1CCCC1. The summed E-state index contributed by atoms with van der Waals surface area (Å²) in [7, 11) is 1.79. The number of nitrogens with one attached hydrogen (secondary N) is 1. The maximum absolute atomic E-state index is 12.4. The molecule has 2 saturated carbocycles. The number of hydrogen-bond donors (Lipinski definition) is 1. The van der Waals surface area contributed by atoms with Crippen LogP contribution < -0.4 is 5.32 Å². The molecule has 2 heterocycles. The normalized spacial score (nSPS) is 24.3. The van der Waals surface area contributed by atoms with Crippen LogP contribution in [0.15, 0.2) is 4.52 Å².